The number of hydrogen-bond donors (Lipinski definition) is 3. The van der Waals surface area contributed by atoms with Crippen molar-refractivity contribution in [3.05, 3.63) is 45.6 Å². The van der Waals surface area contributed by atoms with Crippen molar-refractivity contribution in [3.8, 4) is 0 Å². The smallest absolute Gasteiger partial charge is 0.341 e. The van der Waals surface area contributed by atoms with Crippen LogP contribution in [0.3, 0.4) is 0 Å². The lowest BCUT2D eigenvalue weighted by Gasteiger charge is -2.46. The molecule has 2 aliphatic heterocycles. The van der Waals surface area contributed by atoms with Crippen molar-refractivity contribution in [2.45, 2.75) is 25.8 Å². The molecule has 0 amide bonds. The molecule has 0 aliphatic carbocycles. The standard InChI is InChI=1S/C23H29Cl2N5O3/c1-14(18-5-4-17(24)9-20(18)25)27-21-19(22(32)33)10-26-23(28-21)30-12-16(13-30)15-3-2-6-29(11-15)7-8-31/h4-5,9-10,14-16,31H,2-3,6-8,11-13H2,1H3,(H,32,33)(H,26,27,28). The van der Waals surface area contributed by atoms with E-state index in [1.807, 2.05) is 13.0 Å². The van der Waals surface area contributed by atoms with Crippen LogP contribution in [0.4, 0.5) is 11.8 Å². The van der Waals surface area contributed by atoms with E-state index in [2.05, 4.69) is 25.1 Å². The summed E-state index contributed by atoms with van der Waals surface area (Å²) in [5.74, 6) is 0.852. The average Bonchev–Trinajstić information content (AvgIpc) is 2.73. The summed E-state index contributed by atoms with van der Waals surface area (Å²) in [6, 6.07) is 4.94. The highest BCUT2D eigenvalue weighted by Crippen LogP contribution is 2.34. The highest BCUT2D eigenvalue weighted by atomic mass is 35.5. The second-order valence-electron chi connectivity index (χ2n) is 8.86. The lowest BCUT2D eigenvalue weighted by molar-refractivity contribution is 0.0697. The first-order chi connectivity index (χ1) is 15.9. The van der Waals surface area contributed by atoms with Crippen molar-refractivity contribution in [1.29, 1.82) is 0 Å². The number of benzene rings is 1. The van der Waals surface area contributed by atoms with Gasteiger partial charge in [-0.15, -0.1) is 0 Å². The average molecular weight is 494 g/mol. The molecule has 33 heavy (non-hydrogen) atoms. The third-order valence-electron chi connectivity index (χ3n) is 6.61. The van der Waals surface area contributed by atoms with E-state index in [4.69, 9.17) is 23.2 Å². The van der Waals surface area contributed by atoms with Crippen molar-refractivity contribution >= 4 is 40.9 Å². The fourth-order valence-electron chi connectivity index (χ4n) is 4.72. The predicted molar refractivity (Wildman–Crippen MR) is 129 cm³/mol. The molecule has 2 unspecified atom stereocenters. The molecule has 2 aromatic rings. The Labute approximate surface area is 203 Å². The van der Waals surface area contributed by atoms with Gasteiger partial charge in [-0.1, -0.05) is 29.3 Å². The topological polar surface area (TPSA) is 102 Å². The molecule has 2 saturated heterocycles. The van der Waals surface area contributed by atoms with Gasteiger partial charge in [-0.05, 0) is 55.8 Å². The lowest BCUT2D eigenvalue weighted by Crippen LogP contribution is -2.54. The summed E-state index contributed by atoms with van der Waals surface area (Å²) in [6.07, 6.45) is 3.72. The Morgan fingerprint density at radius 1 is 1.27 bits per heavy atom. The maximum Gasteiger partial charge on any atom is 0.341 e. The zero-order valence-electron chi connectivity index (χ0n) is 18.5. The van der Waals surface area contributed by atoms with Gasteiger partial charge in [0.1, 0.15) is 11.4 Å². The number of aliphatic hydroxyl groups excluding tert-OH is 1. The molecule has 178 valence electrons. The van der Waals surface area contributed by atoms with E-state index >= 15 is 0 Å². The van der Waals surface area contributed by atoms with Crippen molar-refractivity contribution in [2.75, 3.05) is 49.5 Å². The molecule has 2 aliphatic rings. The number of carbonyl (C=O) groups is 1. The van der Waals surface area contributed by atoms with E-state index in [-0.39, 0.29) is 24.0 Å². The molecule has 4 rings (SSSR count). The van der Waals surface area contributed by atoms with Gasteiger partial charge in [0, 0.05) is 42.4 Å². The number of carboxylic acids is 1. The number of aromatic carboxylic acids is 1. The minimum Gasteiger partial charge on any atom is -0.477 e. The van der Waals surface area contributed by atoms with Crippen LogP contribution in [-0.2, 0) is 0 Å². The number of β-amino-alcohol motifs (C(OH)–C–C–N with tert-alkyl or cyclic N) is 1. The fourth-order valence-corrected chi connectivity index (χ4v) is 5.29. The molecule has 8 nitrogen and oxygen atoms in total. The normalized spacial score (nSPS) is 20.4. The Hall–Kier alpha value is -2.13. The molecule has 3 heterocycles. The van der Waals surface area contributed by atoms with Crippen LogP contribution in [0.25, 0.3) is 0 Å². The second kappa shape index (κ2) is 10.4. The van der Waals surface area contributed by atoms with Crippen LogP contribution in [0.15, 0.2) is 24.4 Å². The number of aromatic nitrogens is 2. The fraction of sp³-hybridized carbons (Fsp3) is 0.522. The van der Waals surface area contributed by atoms with Crippen LogP contribution < -0.4 is 10.2 Å². The third kappa shape index (κ3) is 5.51. The number of anilines is 2. The monoisotopic (exact) mass is 493 g/mol. The van der Waals surface area contributed by atoms with Crippen molar-refractivity contribution in [3.63, 3.8) is 0 Å². The van der Waals surface area contributed by atoms with Gasteiger partial charge in [-0.2, -0.15) is 4.98 Å². The summed E-state index contributed by atoms with van der Waals surface area (Å²) in [5, 5.41) is 23.1. The maximum atomic E-state index is 11.8. The van der Waals surface area contributed by atoms with Gasteiger partial charge in [0.05, 0.1) is 12.6 Å². The molecular formula is C23H29Cl2N5O3. The van der Waals surface area contributed by atoms with E-state index in [0.717, 1.165) is 44.7 Å². The van der Waals surface area contributed by atoms with Crippen molar-refractivity contribution in [2.24, 2.45) is 11.8 Å². The SMILES string of the molecule is CC(Nc1nc(N2CC(C3CCCN(CCO)C3)C2)ncc1C(=O)O)c1ccc(Cl)cc1Cl. The van der Waals surface area contributed by atoms with E-state index < -0.39 is 5.97 Å². The highest BCUT2D eigenvalue weighted by Gasteiger charge is 2.37. The third-order valence-corrected chi connectivity index (χ3v) is 7.17. The zero-order chi connectivity index (χ0) is 23.5. The molecule has 0 radical (unpaired) electrons. The Morgan fingerprint density at radius 2 is 2.06 bits per heavy atom. The lowest BCUT2D eigenvalue weighted by atomic mass is 9.81. The van der Waals surface area contributed by atoms with Gasteiger partial charge in [0.15, 0.2) is 0 Å². The number of likely N-dealkylation sites (tertiary alicyclic amines) is 1. The van der Waals surface area contributed by atoms with Gasteiger partial charge in [-0.25, -0.2) is 9.78 Å². The predicted octanol–water partition coefficient (Wildman–Crippen LogP) is 3.80. The van der Waals surface area contributed by atoms with Crippen molar-refractivity contribution < 1.29 is 15.0 Å². The Balaban J connectivity index is 1.45. The highest BCUT2D eigenvalue weighted by molar-refractivity contribution is 6.35. The van der Waals surface area contributed by atoms with Gasteiger partial charge >= 0.3 is 5.97 Å². The van der Waals surface area contributed by atoms with E-state index in [0.29, 0.717) is 27.8 Å². The number of carboxylic acid groups (broad SMARTS) is 1. The van der Waals surface area contributed by atoms with E-state index in [9.17, 15) is 15.0 Å². The first-order valence-corrected chi connectivity index (χ1v) is 12.0. The van der Waals surface area contributed by atoms with Gasteiger partial charge in [0.25, 0.3) is 0 Å². The Kier molecular flexibility index (Phi) is 7.58. The first kappa shape index (κ1) is 24.0. The molecular weight excluding hydrogens is 465 g/mol. The van der Waals surface area contributed by atoms with E-state index in [1.54, 1.807) is 12.1 Å². The number of hydrogen-bond acceptors (Lipinski definition) is 7. The number of rotatable bonds is 8. The number of nitrogens with zero attached hydrogens (tertiary/aromatic N) is 4. The molecule has 1 aromatic carbocycles. The minimum absolute atomic E-state index is 0.0136. The van der Waals surface area contributed by atoms with Crippen LogP contribution in [0.2, 0.25) is 10.0 Å². The Bertz CT molecular complexity index is 1000. The van der Waals surface area contributed by atoms with Gasteiger partial charge < -0.3 is 25.3 Å². The largest absolute Gasteiger partial charge is 0.477 e. The van der Waals surface area contributed by atoms with E-state index in [1.165, 1.54) is 12.6 Å². The van der Waals surface area contributed by atoms with Gasteiger partial charge in [-0.3, -0.25) is 0 Å². The molecule has 0 spiro atoms. The van der Waals surface area contributed by atoms with Crippen LogP contribution in [0, 0.1) is 11.8 Å². The Morgan fingerprint density at radius 3 is 2.76 bits per heavy atom. The number of nitrogens with one attached hydrogen (secondary N) is 1. The maximum absolute atomic E-state index is 11.8. The zero-order valence-corrected chi connectivity index (χ0v) is 20.1. The number of aliphatic hydroxyl groups is 1. The number of halogens is 2. The molecule has 1 aromatic heterocycles. The van der Waals surface area contributed by atoms with Crippen LogP contribution >= 0.6 is 23.2 Å². The summed E-state index contributed by atoms with van der Waals surface area (Å²) < 4.78 is 0. The molecule has 3 N–H and O–H groups in total. The molecule has 10 heteroatoms. The molecule has 0 bridgehead atoms. The molecule has 0 saturated carbocycles. The second-order valence-corrected chi connectivity index (χ2v) is 9.70. The minimum atomic E-state index is -1.09. The quantitative estimate of drug-likeness (QED) is 0.510. The number of piperidine rings is 1. The van der Waals surface area contributed by atoms with Crippen LogP contribution in [0.1, 0.15) is 41.7 Å². The van der Waals surface area contributed by atoms with Gasteiger partial charge in [0.2, 0.25) is 5.95 Å². The van der Waals surface area contributed by atoms with Crippen molar-refractivity contribution in [1.82, 2.24) is 14.9 Å². The summed E-state index contributed by atoms with van der Waals surface area (Å²) in [7, 11) is 0. The molecule has 2 fully saturated rings. The summed E-state index contributed by atoms with van der Waals surface area (Å²) in [4.78, 5) is 25.1. The first-order valence-electron chi connectivity index (χ1n) is 11.3. The summed E-state index contributed by atoms with van der Waals surface area (Å²) >= 11 is 12.3. The van der Waals surface area contributed by atoms with Crippen LogP contribution in [-0.4, -0.2) is 70.4 Å². The summed E-state index contributed by atoms with van der Waals surface area (Å²) in [5.41, 5.74) is 0.811. The molecule has 2 atom stereocenters. The van der Waals surface area contributed by atoms with Crippen LogP contribution in [0.5, 0.6) is 0 Å². The summed E-state index contributed by atoms with van der Waals surface area (Å²) in [6.45, 7) is 6.59.